The second-order valence-corrected chi connectivity index (χ2v) is 7.85. The van der Waals surface area contributed by atoms with Crippen molar-refractivity contribution in [1.82, 2.24) is 0 Å². The second kappa shape index (κ2) is 8.75. The Hall–Kier alpha value is -2.07. The van der Waals surface area contributed by atoms with Gasteiger partial charge in [0.1, 0.15) is 5.78 Å². The molecule has 0 bridgehead atoms. The molecule has 0 spiro atoms. The molecule has 0 saturated heterocycles. The molecule has 4 nitrogen and oxygen atoms in total. The van der Waals surface area contributed by atoms with Gasteiger partial charge in [0.15, 0.2) is 0 Å². The van der Waals surface area contributed by atoms with Crippen LogP contribution in [0.1, 0.15) is 58.4 Å². The predicted molar refractivity (Wildman–Crippen MR) is 114 cm³/mol. The van der Waals surface area contributed by atoms with Gasteiger partial charge in [0.25, 0.3) is 0 Å². The van der Waals surface area contributed by atoms with E-state index in [1.165, 1.54) is 0 Å². The van der Waals surface area contributed by atoms with Crippen LogP contribution in [0.25, 0.3) is 5.70 Å². The summed E-state index contributed by atoms with van der Waals surface area (Å²) in [5.41, 5.74) is 4.82. The lowest BCUT2D eigenvalue weighted by Gasteiger charge is -2.29. The van der Waals surface area contributed by atoms with Gasteiger partial charge in [-0.05, 0) is 62.7 Å². The monoisotopic (exact) mass is 383 g/mol. The van der Waals surface area contributed by atoms with Gasteiger partial charge >= 0.3 is 0 Å². The van der Waals surface area contributed by atoms with Crippen LogP contribution in [-0.4, -0.2) is 23.4 Å². The van der Waals surface area contributed by atoms with Crippen LogP contribution in [-0.2, 0) is 4.79 Å². The van der Waals surface area contributed by atoms with Gasteiger partial charge < -0.3 is 0 Å². The summed E-state index contributed by atoms with van der Waals surface area (Å²) in [6, 6.07) is 7.69. The van der Waals surface area contributed by atoms with Crippen molar-refractivity contribution < 1.29 is 4.79 Å². The number of carbonyl (C=O) groups excluding carboxylic acids is 1. The van der Waals surface area contributed by atoms with Crippen molar-refractivity contribution in [2.24, 2.45) is 27.0 Å². The third-order valence-corrected chi connectivity index (χ3v) is 5.72. The van der Waals surface area contributed by atoms with E-state index in [0.717, 1.165) is 47.5 Å². The van der Waals surface area contributed by atoms with Crippen LogP contribution < -0.4 is 0 Å². The Balaban J connectivity index is 2.15. The summed E-state index contributed by atoms with van der Waals surface area (Å²) in [5, 5.41) is 9.45. The minimum atomic E-state index is 0.293. The van der Waals surface area contributed by atoms with Crippen LogP contribution in [0.2, 0.25) is 5.02 Å². The molecule has 142 valence electrons. The van der Waals surface area contributed by atoms with Gasteiger partial charge in [-0.25, -0.2) is 0 Å². The molecule has 2 atom stereocenters. The first-order valence-corrected chi connectivity index (χ1v) is 9.99. The fourth-order valence-corrected chi connectivity index (χ4v) is 3.97. The number of benzene rings is 1. The van der Waals surface area contributed by atoms with Gasteiger partial charge in [0.2, 0.25) is 0 Å². The van der Waals surface area contributed by atoms with Crippen molar-refractivity contribution in [3.05, 3.63) is 40.4 Å². The highest BCUT2D eigenvalue weighted by Gasteiger charge is 2.30. The minimum Gasteiger partial charge on any atom is -0.299 e. The highest BCUT2D eigenvalue weighted by Crippen LogP contribution is 2.39. The molecular weight excluding hydrogens is 358 g/mol. The van der Waals surface area contributed by atoms with Crippen molar-refractivity contribution >= 4 is 40.7 Å². The number of ketones is 1. The number of Topliss-reactive ketones (excluding diaryl/α,β-unsaturated/α-hetero) is 1. The van der Waals surface area contributed by atoms with E-state index in [-0.39, 0.29) is 0 Å². The van der Waals surface area contributed by atoms with E-state index in [9.17, 15) is 4.79 Å². The molecule has 0 amide bonds. The summed E-state index contributed by atoms with van der Waals surface area (Å²) in [6.07, 6.45) is 5.74. The topological polar surface area (TPSA) is 54.1 Å². The van der Waals surface area contributed by atoms with Crippen molar-refractivity contribution in [3.63, 3.8) is 0 Å². The van der Waals surface area contributed by atoms with Crippen LogP contribution in [0.5, 0.6) is 0 Å². The Kier molecular flexibility index (Phi) is 6.38. The molecule has 0 N–H and O–H groups in total. The van der Waals surface area contributed by atoms with Crippen LogP contribution in [0.15, 0.2) is 45.0 Å². The average molecular weight is 384 g/mol. The molecule has 27 heavy (non-hydrogen) atoms. The summed E-state index contributed by atoms with van der Waals surface area (Å²) >= 11 is 6.07. The van der Waals surface area contributed by atoms with Crippen LogP contribution >= 0.6 is 11.6 Å². The fraction of sp³-hybridized carbons (Fsp3) is 0.455. The lowest BCUT2D eigenvalue weighted by Crippen LogP contribution is -2.23. The molecule has 0 aromatic heterocycles. The maximum Gasteiger partial charge on any atom is 0.137 e. The Morgan fingerprint density at radius 3 is 2.59 bits per heavy atom. The van der Waals surface area contributed by atoms with Crippen molar-refractivity contribution in [2.75, 3.05) is 0 Å². The van der Waals surface area contributed by atoms with Crippen LogP contribution in [0.3, 0.4) is 0 Å². The van der Waals surface area contributed by atoms with Crippen molar-refractivity contribution in [3.8, 4) is 0 Å². The quantitative estimate of drug-likeness (QED) is 0.640. The molecular formula is C22H26ClN3O. The maximum atomic E-state index is 12.3. The Labute approximate surface area is 166 Å². The summed E-state index contributed by atoms with van der Waals surface area (Å²) in [6.45, 7) is 6.14. The lowest BCUT2D eigenvalue weighted by molar-refractivity contribution is -0.119. The summed E-state index contributed by atoms with van der Waals surface area (Å²) in [4.78, 5) is 17.1. The Bertz CT molecular complexity index is 834. The minimum absolute atomic E-state index is 0.293. The van der Waals surface area contributed by atoms with Gasteiger partial charge in [-0.3, -0.25) is 9.79 Å². The summed E-state index contributed by atoms with van der Waals surface area (Å²) < 4.78 is 0. The second-order valence-electron chi connectivity index (χ2n) is 7.41. The number of hydrogen-bond donors (Lipinski definition) is 0. The zero-order valence-corrected chi connectivity index (χ0v) is 17.0. The van der Waals surface area contributed by atoms with E-state index < -0.39 is 0 Å². The number of hydrogen-bond acceptors (Lipinski definition) is 4. The normalized spacial score (nSPS) is 31.8. The lowest BCUT2D eigenvalue weighted by atomic mass is 9.75. The standard InChI is InChI=1S/C22H26ClN3O/c1-4-16-11-18-7-10-20(27)12-21(18)22(17-5-8-19(23)9-6-17)24-13-14(2)25-26-15(16)3/h5-6,8-9,13,16,18H,4,7,10-12H2,1-3H3/b22-21-,24-13+,25-14-,26-15+. The molecule has 2 unspecified atom stereocenters. The molecule has 2 aliphatic rings. The van der Waals surface area contributed by atoms with E-state index >= 15 is 0 Å². The molecule has 3 rings (SSSR count). The van der Waals surface area contributed by atoms with Gasteiger partial charge in [-0.1, -0.05) is 30.7 Å². The number of rotatable bonds is 2. The molecule has 1 fully saturated rings. The van der Waals surface area contributed by atoms with Gasteiger partial charge in [-0.15, -0.1) is 0 Å². The first-order valence-electron chi connectivity index (χ1n) is 9.61. The van der Waals surface area contributed by atoms with Gasteiger partial charge in [0.05, 0.1) is 17.6 Å². The molecule has 1 aliphatic heterocycles. The number of halogens is 1. The van der Waals surface area contributed by atoms with E-state index in [4.69, 9.17) is 16.6 Å². The first-order chi connectivity index (χ1) is 13.0. The Morgan fingerprint density at radius 1 is 1.15 bits per heavy atom. The van der Waals surface area contributed by atoms with Crippen molar-refractivity contribution in [2.45, 2.75) is 52.9 Å². The average Bonchev–Trinajstić information content (AvgIpc) is 2.68. The number of carbonyl (C=O) groups is 1. The zero-order valence-electron chi connectivity index (χ0n) is 16.2. The molecule has 5 heteroatoms. The summed E-state index contributed by atoms with van der Waals surface area (Å²) in [7, 11) is 0. The molecule has 1 aromatic carbocycles. The largest absolute Gasteiger partial charge is 0.299 e. The maximum absolute atomic E-state index is 12.3. The number of allylic oxidation sites excluding steroid dienone is 1. The predicted octanol–water partition coefficient (Wildman–Crippen LogP) is 5.76. The third-order valence-electron chi connectivity index (χ3n) is 5.47. The molecule has 0 radical (unpaired) electrons. The number of aliphatic imine (C=N–C) groups is 1. The smallest absolute Gasteiger partial charge is 0.137 e. The van der Waals surface area contributed by atoms with E-state index in [0.29, 0.717) is 35.5 Å². The molecule has 1 heterocycles. The third kappa shape index (κ3) is 4.81. The molecule has 1 aliphatic carbocycles. The van der Waals surface area contributed by atoms with Crippen LogP contribution in [0, 0.1) is 11.8 Å². The SMILES string of the molecule is CCC1CC2CCC(=O)C/C2=C(c2ccc(Cl)cc2)/N=C/C(C)=N\N=C\1C. The summed E-state index contributed by atoms with van der Waals surface area (Å²) in [5.74, 6) is 0.986. The highest BCUT2D eigenvalue weighted by atomic mass is 35.5. The van der Waals surface area contributed by atoms with Gasteiger partial charge in [0, 0.05) is 29.1 Å². The van der Waals surface area contributed by atoms with Crippen LogP contribution in [0.4, 0.5) is 0 Å². The first kappa shape index (κ1) is 19.7. The Morgan fingerprint density at radius 2 is 1.89 bits per heavy atom. The molecule has 1 aromatic rings. The number of nitrogens with zero attached hydrogens (tertiary/aromatic N) is 3. The van der Waals surface area contributed by atoms with Gasteiger partial charge in [-0.2, -0.15) is 10.2 Å². The van der Waals surface area contributed by atoms with E-state index in [2.05, 4.69) is 24.1 Å². The number of fused-ring (bicyclic) bond motifs is 1. The molecule has 1 saturated carbocycles. The van der Waals surface area contributed by atoms with E-state index in [1.54, 1.807) is 6.21 Å². The highest BCUT2D eigenvalue weighted by molar-refractivity contribution is 6.31. The zero-order chi connectivity index (χ0) is 19.4. The fourth-order valence-electron chi connectivity index (χ4n) is 3.84. The van der Waals surface area contributed by atoms with E-state index in [1.807, 2.05) is 31.2 Å². The van der Waals surface area contributed by atoms with Crippen molar-refractivity contribution in [1.29, 1.82) is 0 Å².